The maximum Gasteiger partial charge on any atom is 0.411 e. The number of anilines is 1. The number of carbonyl (C=O) groups excluding carboxylic acids is 2. The van der Waals surface area contributed by atoms with Crippen molar-refractivity contribution < 1.29 is 24.2 Å². The van der Waals surface area contributed by atoms with Crippen LogP contribution in [-0.2, 0) is 9.53 Å². The van der Waals surface area contributed by atoms with Crippen molar-refractivity contribution in [1.82, 2.24) is 4.90 Å². The predicted molar refractivity (Wildman–Crippen MR) is 134 cm³/mol. The van der Waals surface area contributed by atoms with Gasteiger partial charge in [0.2, 0.25) is 0 Å². The molecule has 0 aromatic heterocycles. The van der Waals surface area contributed by atoms with Crippen LogP contribution in [0.2, 0.25) is 5.02 Å². The lowest BCUT2D eigenvalue weighted by molar-refractivity contribution is -0.141. The van der Waals surface area contributed by atoms with Crippen LogP contribution < -0.4 is 5.32 Å². The molecule has 1 aliphatic rings. The van der Waals surface area contributed by atoms with Crippen molar-refractivity contribution in [2.24, 2.45) is 0 Å². The quantitative estimate of drug-likeness (QED) is 0.445. The first-order chi connectivity index (χ1) is 16.8. The number of aliphatic carboxylic acids is 1. The molecule has 0 saturated heterocycles. The third-order valence-corrected chi connectivity index (χ3v) is 6.38. The van der Waals surface area contributed by atoms with E-state index in [1.807, 2.05) is 36.4 Å². The minimum Gasteiger partial charge on any atom is -0.480 e. The second-order valence-electron chi connectivity index (χ2n) is 8.28. The first-order valence-electron chi connectivity index (χ1n) is 11.3. The van der Waals surface area contributed by atoms with Crippen LogP contribution in [0.5, 0.6) is 0 Å². The summed E-state index contributed by atoms with van der Waals surface area (Å²) in [5, 5.41) is 12.1. The molecule has 7 nitrogen and oxygen atoms in total. The molecule has 4 rings (SSSR count). The summed E-state index contributed by atoms with van der Waals surface area (Å²) in [6, 6.07) is 19.5. The van der Waals surface area contributed by atoms with Crippen LogP contribution in [0.3, 0.4) is 0 Å². The lowest BCUT2D eigenvalue weighted by Crippen LogP contribution is -2.43. The molecule has 2 amide bonds. The van der Waals surface area contributed by atoms with E-state index in [0.29, 0.717) is 0 Å². The molecule has 1 atom stereocenters. The summed E-state index contributed by atoms with van der Waals surface area (Å²) in [5.41, 5.74) is 4.91. The summed E-state index contributed by atoms with van der Waals surface area (Å²) in [6.45, 7) is 3.47. The maximum absolute atomic E-state index is 12.9. The normalized spacial score (nSPS) is 12.9. The van der Waals surface area contributed by atoms with Gasteiger partial charge in [-0.05, 0) is 54.3 Å². The Hall–Kier alpha value is -3.84. The predicted octanol–water partition coefficient (Wildman–Crippen LogP) is 5.64. The number of hydrogen-bond acceptors (Lipinski definition) is 4. The molecular formula is C27H25ClN2O5. The van der Waals surface area contributed by atoms with Gasteiger partial charge >= 0.3 is 12.1 Å². The van der Waals surface area contributed by atoms with Gasteiger partial charge in [0.05, 0.1) is 0 Å². The zero-order chi connectivity index (χ0) is 25.1. The monoisotopic (exact) mass is 492 g/mol. The summed E-state index contributed by atoms with van der Waals surface area (Å²) in [5.74, 6) is -1.69. The molecule has 1 aliphatic carbocycles. The number of nitrogens with one attached hydrogen (secondary N) is 1. The zero-order valence-electron chi connectivity index (χ0n) is 19.3. The highest BCUT2D eigenvalue weighted by molar-refractivity contribution is 6.31. The molecule has 180 valence electrons. The van der Waals surface area contributed by atoms with Gasteiger partial charge in [-0.1, -0.05) is 60.1 Å². The average Bonchev–Trinajstić information content (AvgIpc) is 3.16. The molecule has 0 bridgehead atoms. The molecule has 0 heterocycles. The van der Waals surface area contributed by atoms with Gasteiger partial charge < -0.3 is 14.7 Å². The summed E-state index contributed by atoms with van der Waals surface area (Å²) >= 11 is 6.18. The highest BCUT2D eigenvalue weighted by Gasteiger charge is 2.29. The Morgan fingerprint density at radius 2 is 1.63 bits per heavy atom. The Morgan fingerprint density at radius 1 is 1.03 bits per heavy atom. The highest BCUT2D eigenvalue weighted by Crippen LogP contribution is 2.44. The molecule has 0 aliphatic heterocycles. The van der Waals surface area contributed by atoms with Crippen molar-refractivity contribution in [3.63, 3.8) is 0 Å². The topological polar surface area (TPSA) is 95.9 Å². The van der Waals surface area contributed by atoms with Crippen LogP contribution >= 0.6 is 11.6 Å². The average molecular weight is 493 g/mol. The second-order valence-corrected chi connectivity index (χ2v) is 8.72. The summed E-state index contributed by atoms with van der Waals surface area (Å²) < 4.78 is 5.56. The molecule has 2 N–H and O–H groups in total. The standard InChI is InChI=1S/C27H25ClN2O5/c1-3-30(16(2)26(32)33)25(31)17-12-18(28)14-19(13-17)29-27(34)35-15-24-22-10-6-4-8-20(22)21-9-5-7-11-23(21)24/h4-14,16,24H,3,15H2,1-2H3,(H,29,34)(H,32,33). The zero-order valence-corrected chi connectivity index (χ0v) is 20.1. The van der Waals surface area contributed by atoms with Crippen molar-refractivity contribution in [2.75, 3.05) is 18.5 Å². The number of carboxylic acids is 1. The number of carboxylic acid groups (broad SMARTS) is 1. The Kier molecular flexibility index (Phi) is 7.07. The lowest BCUT2D eigenvalue weighted by atomic mass is 9.98. The van der Waals surface area contributed by atoms with Gasteiger partial charge in [-0.15, -0.1) is 0 Å². The molecule has 0 spiro atoms. The van der Waals surface area contributed by atoms with E-state index in [4.69, 9.17) is 16.3 Å². The number of rotatable bonds is 7. The minimum absolute atomic E-state index is 0.0831. The number of fused-ring (bicyclic) bond motifs is 3. The Labute approximate surface area is 208 Å². The van der Waals surface area contributed by atoms with E-state index < -0.39 is 24.0 Å². The van der Waals surface area contributed by atoms with Crippen molar-refractivity contribution in [3.8, 4) is 11.1 Å². The second kappa shape index (κ2) is 10.2. The largest absolute Gasteiger partial charge is 0.480 e. The Bertz CT molecular complexity index is 1250. The van der Waals surface area contributed by atoms with Gasteiger partial charge in [0.1, 0.15) is 12.6 Å². The van der Waals surface area contributed by atoms with Gasteiger partial charge in [0, 0.05) is 28.7 Å². The van der Waals surface area contributed by atoms with Gasteiger partial charge in [0.15, 0.2) is 0 Å². The van der Waals surface area contributed by atoms with E-state index in [2.05, 4.69) is 17.4 Å². The molecular weight excluding hydrogens is 468 g/mol. The third-order valence-electron chi connectivity index (χ3n) is 6.16. The van der Waals surface area contributed by atoms with Crippen LogP contribution in [0, 0.1) is 0 Å². The fraction of sp³-hybridized carbons (Fsp3) is 0.222. The minimum atomic E-state index is -1.11. The molecule has 8 heteroatoms. The number of amides is 2. The number of benzene rings is 3. The fourth-order valence-corrected chi connectivity index (χ4v) is 4.67. The number of likely N-dealkylation sites (N-methyl/N-ethyl adjacent to an activating group) is 1. The van der Waals surface area contributed by atoms with Crippen molar-refractivity contribution >= 4 is 35.3 Å². The van der Waals surface area contributed by atoms with E-state index >= 15 is 0 Å². The van der Waals surface area contributed by atoms with E-state index in [1.165, 1.54) is 30.0 Å². The van der Waals surface area contributed by atoms with Crippen molar-refractivity contribution in [2.45, 2.75) is 25.8 Å². The SMILES string of the molecule is CCN(C(=O)c1cc(Cl)cc(NC(=O)OCC2c3ccccc3-c3ccccc32)c1)C(C)C(=O)O. The molecule has 0 saturated carbocycles. The summed E-state index contributed by atoms with van der Waals surface area (Å²) in [6.07, 6.45) is -0.682. The number of ether oxygens (including phenoxy) is 1. The lowest BCUT2D eigenvalue weighted by Gasteiger charge is -2.25. The Balaban J connectivity index is 1.47. The van der Waals surface area contributed by atoms with Crippen LogP contribution in [0.15, 0.2) is 66.7 Å². The van der Waals surface area contributed by atoms with E-state index in [1.54, 1.807) is 6.92 Å². The molecule has 1 unspecified atom stereocenters. The van der Waals surface area contributed by atoms with Crippen LogP contribution in [0.25, 0.3) is 11.1 Å². The van der Waals surface area contributed by atoms with Gasteiger partial charge in [0.25, 0.3) is 5.91 Å². The van der Waals surface area contributed by atoms with Crippen LogP contribution in [0.4, 0.5) is 10.5 Å². The molecule has 3 aromatic rings. The summed E-state index contributed by atoms with van der Waals surface area (Å²) in [4.78, 5) is 38.1. The highest BCUT2D eigenvalue weighted by atomic mass is 35.5. The van der Waals surface area contributed by atoms with Gasteiger partial charge in [-0.25, -0.2) is 9.59 Å². The molecule has 0 fully saturated rings. The maximum atomic E-state index is 12.9. The number of carbonyl (C=O) groups is 3. The third kappa shape index (κ3) is 5.00. The Morgan fingerprint density at radius 3 is 2.20 bits per heavy atom. The van der Waals surface area contributed by atoms with Gasteiger partial charge in [-0.2, -0.15) is 0 Å². The number of hydrogen-bond donors (Lipinski definition) is 2. The van der Waals surface area contributed by atoms with Crippen LogP contribution in [-0.4, -0.2) is 47.2 Å². The first kappa shape index (κ1) is 24.3. The first-order valence-corrected chi connectivity index (χ1v) is 11.6. The number of nitrogens with zero attached hydrogens (tertiary/aromatic N) is 1. The van der Waals surface area contributed by atoms with Gasteiger partial charge in [-0.3, -0.25) is 10.1 Å². The number of halogens is 1. The fourth-order valence-electron chi connectivity index (χ4n) is 4.43. The summed E-state index contributed by atoms with van der Waals surface area (Å²) in [7, 11) is 0. The van der Waals surface area contributed by atoms with Crippen molar-refractivity contribution in [3.05, 3.63) is 88.4 Å². The molecule has 0 radical (unpaired) electrons. The smallest absolute Gasteiger partial charge is 0.411 e. The molecule has 3 aromatic carbocycles. The van der Waals surface area contributed by atoms with E-state index in [0.717, 1.165) is 22.3 Å². The molecule has 35 heavy (non-hydrogen) atoms. The van der Waals surface area contributed by atoms with Crippen molar-refractivity contribution in [1.29, 1.82) is 0 Å². The van der Waals surface area contributed by atoms with E-state index in [-0.39, 0.29) is 35.3 Å². The van der Waals surface area contributed by atoms with Crippen LogP contribution in [0.1, 0.15) is 41.3 Å². The van der Waals surface area contributed by atoms with E-state index in [9.17, 15) is 19.5 Å².